The average molecular weight is 397 g/mol. The molecule has 152 valence electrons. The van der Waals surface area contributed by atoms with Crippen molar-refractivity contribution in [3.63, 3.8) is 0 Å². The molecular formula is C21H23N3O5. The van der Waals surface area contributed by atoms with Crippen LogP contribution < -0.4 is 24.3 Å². The number of methoxy groups -OCH3 is 4. The molecule has 8 heteroatoms. The summed E-state index contributed by atoms with van der Waals surface area (Å²) >= 11 is 0. The summed E-state index contributed by atoms with van der Waals surface area (Å²) < 4.78 is 22.9. The normalized spacial score (nSPS) is 10.4. The molecule has 0 spiro atoms. The molecule has 0 saturated carbocycles. The highest BCUT2D eigenvalue weighted by Gasteiger charge is 2.17. The van der Waals surface area contributed by atoms with Crippen molar-refractivity contribution >= 4 is 11.6 Å². The Hall–Kier alpha value is -3.68. The van der Waals surface area contributed by atoms with Crippen LogP contribution in [0.4, 0.5) is 5.69 Å². The Labute approximate surface area is 169 Å². The molecule has 8 nitrogen and oxygen atoms in total. The summed E-state index contributed by atoms with van der Waals surface area (Å²) in [5.41, 5.74) is 2.39. The number of anilines is 1. The van der Waals surface area contributed by atoms with Crippen LogP contribution in [0, 0.1) is 6.92 Å². The number of benzene rings is 2. The molecule has 2 aromatic carbocycles. The van der Waals surface area contributed by atoms with E-state index >= 15 is 0 Å². The van der Waals surface area contributed by atoms with Gasteiger partial charge < -0.3 is 24.3 Å². The van der Waals surface area contributed by atoms with Crippen molar-refractivity contribution in [3.05, 3.63) is 53.9 Å². The topological polar surface area (TPSA) is 83.8 Å². The van der Waals surface area contributed by atoms with Gasteiger partial charge in [-0.3, -0.25) is 4.79 Å². The fourth-order valence-corrected chi connectivity index (χ4v) is 2.94. The molecule has 0 saturated heterocycles. The lowest BCUT2D eigenvalue weighted by Crippen LogP contribution is -2.13. The van der Waals surface area contributed by atoms with Crippen molar-refractivity contribution in [2.45, 2.75) is 6.92 Å². The van der Waals surface area contributed by atoms with Crippen LogP contribution in [0.2, 0.25) is 0 Å². The molecule has 0 atom stereocenters. The van der Waals surface area contributed by atoms with Crippen molar-refractivity contribution in [1.29, 1.82) is 0 Å². The molecule has 1 amide bonds. The number of amides is 1. The van der Waals surface area contributed by atoms with Crippen LogP contribution in [0.25, 0.3) is 5.69 Å². The van der Waals surface area contributed by atoms with Gasteiger partial charge >= 0.3 is 0 Å². The fraction of sp³-hybridized carbons (Fsp3) is 0.238. The number of aryl methyl sites for hydroxylation is 1. The average Bonchev–Trinajstić information content (AvgIpc) is 3.14. The number of nitrogens with one attached hydrogen (secondary N) is 1. The summed E-state index contributed by atoms with van der Waals surface area (Å²) in [6, 6.07) is 12.5. The number of hydrogen-bond acceptors (Lipinski definition) is 6. The molecule has 1 N–H and O–H groups in total. The van der Waals surface area contributed by atoms with Crippen molar-refractivity contribution < 1.29 is 23.7 Å². The van der Waals surface area contributed by atoms with Gasteiger partial charge in [0.15, 0.2) is 17.2 Å². The minimum absolute atomic E-state index is 0.277. The van der Waals surface area contributed by atoms with E-state index in [2.05, 4.69) is 10.4 Å². The monoisotopic (exact) mass is 397 g/mol. The van der Waals surface area contributed by atoms with Gasteiger partial charge in [0.25, 0.3) is 5.91 Å². The third-order valence-corrected chi connectivity index (χ3v) is 4.34. The van der Waals surface area contributed by atoms with Crippen LogP contribution in [-0.4, -0.2) is 44.1 Å². The van der Waals surface area contributed by atoms with Gasteiger partial charge in [-0.2, -0.15) is 5.10 Å². The van der Waals surface area contributed by atoms with Crippen molar-refractivity contribution in [1.82, 2.24) is 9.78 Å². The minimum atomic E-state index is -0.357. The number of rotatable bonds is 7. The van der Waals surface area contributed by atoms with Crippen molar-refractivity contribution in [2.75, 3.05) is 33.8 Å². The summed E-state index contributed by atoms with van der Waals surface area (Å²) in [6.45, 7) is 1.88. The second-order valence-electron chi connectivity index (χ2n) is 6.15. The van der Waals surface area contributed by atoms with E-state index < -0.39 is 0 Å². The number of hydrogen-bond donors (Lipinski definition) is 1. The molecule has 3 rings (SSSR count). The molecule has 1 aromatic heterocycles. The van der Waals surface area contributed by atoms with Crippen LogP contribution in [0.1, 0.15) is 16.2 Å². The lowest BCUT2D eigenvalue weighted by Gasteiger charge is -2.14. The largest absolute Gasteiger partial charge is 0.497 e. The first-order chi connectivity index (χ1) is 14.0. The van der Waals surface area contributed by atoms with E-state index in [-0.39, 0.29) is 11.6 Å². The highest BCUT2D eigenvalue weighted by molar-refractivity contribution is 6.03. The van der Waals surface area contributed by atoms with E-state index in [9.17, 15) is 4.79 Å². The van der Waals surface area contributed by atoms with Gasteiger partial charge in [0, 0.05) is 29.6 Å². The SMILES string of the molecule is COc1cccc(-n2nc(C(=O)Nc3cc(OC)c(OC)c(OC)c3)cc2C)c1. The van der Waals surface area contributed by atoms with E-state index in [1.165, 1.54) is 21.3 Å². The Morgan fingerprint density at radius 1 is 0.931 bits per heavy atom. The molecule has 0 bridgehead atoms. The van der Waals surface area contributed by atoms with Crippen LogP contribution >= 0.6 is 0 Å². The van der Waals surface area contributed by atoms with E-state index in [1.807, 2.05) is 31.2 Å². The molecule has 1 heterocycles. The van der Waals surface area contributed by atoms with Crippen LogP contribution in [0.5, 0.6) is 23.0 Å². The first kappa shape index (κ1) is 20.1. The van der Waals surface area contributed by atoms with E-state index in [4.69, 9.17) is 18.9 Å². The zero-order valence-corrected chi connectivity index (χ0v) is 17.0. The maximum atomic E-state index is 12.8. The molecule has 3 aromatic rings. The van der Waals surface area contributed by atoms with E-state index in [0.29, 0.717) is 28.7 Å². The summed E-state index contributed by atoms with van der Waals surface area (Å²) in [5, 5.41) is 7.25. The van der Waals surface area contributed by atoms with Gasteiger partial charge in [0.1, 0.15) is 5.75 Å². The summed E-state index contributed by atoms with van der Waals surface area (Å²) in [4.78, 5) is 12.8. The van der Waals surface area contributed by atoms with Crippen molar-refractivity contribution in [3.8, 4) is 28.7 Å². The van der Waals surface area contributed by atoms with Crippen LogP contribution in [0.15, 0.2) is 42.5 Å². The van der Waals surface area contributed by atoms with Gasteiger partial charge in [-0.25, -0.2) is 4.68 Å². The highest BCUT2D eigenvalue weighted by atomic mass is 16.5. The maximum Gasteiger partial charge on any atom is 0.276 e. The lowest BCUT2D eigenvalue weighted by molar-refractivity contribution is 0.102. The molecule has 0 fully saturated rings. The van der Waals surface area contributed by atoms with Gasteiger partial charge in [0.2, 0.25) is 5.75 Å². The molecule has 0 aliphatic heterocycles. The maximum absolute atomic E-state index is 12.8. The molecule has 0 radical (unpaired) electrons. The van der Waals surface area contributed by atoms with Crippen LogP contribution in [0.3, 0.4) is 0 Å². The Morgan fingerprint density at radius 2 is 1.62 bits per heavy atom. The smallest absolute Gasteiger partial charge is 0.276 e. The fourth-order valence-electron chi connectivity index (χ4n) is 2.94. The van der Waals surface area contributed by atoms with Gasteiger partial charge in [-0.15, -0.1) is 0 Å². The summed E-state index contributed by atoms with van der Waals surface area (Å²) in [7, 11) is 6.15. The van der Waals surface area contributed by atoms with Gasteiger partial charge in [0.05, 0.1) is 34.1 Å². The number of carbonyl (C=O) groups excluding carboxylic acids is 1. The number of nitrogens with zero attached hydrogens (tertiary/aromatic N) is 2. The second kappa shape index (κ2) is 8.55. The van der Waals surface area contributed by atoms with Gasteiger partial charge in [-0.05, 0) is 25.1 Å². The van der Waals surface area contributed by atoms with E-state index in [1.54, 1.807) is 30.0 Å². The summed E-state index contributed by atoms with van der Waals surface area (Å²) in [6.07, 6.45) is 0. The lowest BCUT2D eigenvalue weighted by atomic mass is 10.2. The summed E-state index contributed by atoms with van der Waals surface area (Å²) in [5.74, 6) is 1.69. The molecule has 0 aliphatic carbocycles. The molecule has 29 heavy (non-hydrogen) atoms. The number of carbonyl (C=O) groups is 1. The third-order valence-electron chi connectivity index (χ3n) is 4.34. The second-order valence-corrected chi connectivity index (χ2v) is 6.15. The zero-order valence-electron chi connectivity index (χ0n) is 17.0. The molecule has 0 aliphatic rings. The van der Waals surface area contributed by atoms with Gasteiger partial charge in [-0.1, -0.05) is 6.07 Å². The Kier molecular flexibility index (Phi) is 5.92. The minimum Gasteiger partial charge on any atom is -0.497 e. The number of aromatic nitrogens is 2. The van der Waals surface area contributed by atoms with Crippen LogP contribution in [-0.2, 0) is 0 Å². The van der Waals surface area contributed by atoms with Crippen molar-refractivity contribution in [2.24, 2.45) is 0 Å². The third kappa shape index (κ3) is 4.11. The first-order valence-electron chi connectivity index (χ1n) is 8.83. The Morgan fingerprint density at radius 3 is 2.21 bits per heavy atom. The predicted octanol–water partition coefficient (Wildman–Crippen LogP) is 3.47. The highest BCUT2D eigenvalue weighted by Crippen LogP contribution is 2.40. The zero-order chi connectivity index (χ0) is 21.0. The van der Waals surface area contributed by atoms with E-state index in [0.717, 1.165) is 11.4 Å². The standard InChI is InChI=1S/C21H23N3O5/c1-13-9-17(23-24(13)15-7-6-8-16(12-15)26-2)21(25)22-14-10-18(27-3)20(29-5)19(11-14)28-4/h6-12H,1-5H3,(H,22,25). The quantitative estimate of drug-likeness (QED) is 0.657. The molecular weight excluding hydrogens is 374 g/mol. The first-order valence-corrected chi connectivity index (χ1v) is 8.83. The molecule has 0 unspecified atom stereocenters. The Bertz CT molecular complexity index is 1000. The predicted molar refractivity (Wildman–Crippen MR) is 109 cm³/mol. The Balaban J connectivity index is 1.89. The number of ether oxygens (including phenoxy) is 4.